The molecule has 2 rings (SSSR count). The minimum atomic E-state index is 0.163. The van der Waals surface area contributed by atoms with E-state index in [9.17, 15) is 0 Å². The van der Waals surface area contributed by atoms with E-state index in [0.717, 1.165) is 12.2 Å². The van der Waals surface area contributed by atoms with Crippen LogP contribution in [0.15, 0.2) is 30.5 Å². The summed E-state index contributed by atoms with van der Waals surface area (Å²) < 4.78 is 5.52. The SMILES string of the molecule is CC(C)c1[nH]ncc1Cc1ccc(OCCCO)cc1. The van der Waals surface area contributed by atoms with Crippen molar-refractivity contribution in [2.75, 3.05) is 13.2 Å². The Balaban J connectivity index is 1.98. The molecule has 4 nitrogen and oxygen atoms in total. The van der Waals surface area contributed by atoms with Crippen LogP contribution in [0.3, 0.4) is 0 Å². The molecular formula is C16H22N2O2. The number of aliphatic hydroxyl groups excluding tert-OH is 1. The molecule has 1 heterocycles. The van der Waals surface area contributed by atoms with Crippen LogP contribution < -0.4 is 4.74 Å². The molecule has 0 atom stereocenters. The van der Waals surface area contributed by atoms with Crippen LogP contribution in [-0.4, -0.2) is 28.5 Å². The summed E-state index contributed by atoms with van der Waals surface area (Å²) in [6.45, 7) is 5.04. The van der Waals surface area contributed by atoms with Crippen molar-refractivity contribution in [3.63, 3.8) is 0 Å². The van der Waals surface area contributed by atoms with Gasteiger partial charge in [0.15, 0.2) is 0 Å². The summed E-state index contributed by atoms with van der Waals surface area (Å²) in [5.74, 6) is 1.30. The summed E-state index contributed by atoms with van der Waals surface area (Å²) in [6, 6.07) is 8.10. The van der Waals surface area contributed by atoms with E-state index in [1.165, 1.54) is 16.8 Å². The first-order valence-corrected chi connectivity index (χ1v) is 7.05. The van der Waals surface area contributed by atoms with Crippen LogP contribution in [0.1, 0.15) is 43.0 Å². The summed E-state index contributed by atoms with van der Waals surface area (Å²) in [4.78, 5) is 0. The second-order valence-corrected chi connectivity index (χ2v) is 5.21. The first-order chi connectivity index (χ1) is 9.70. The minimum Gasteiger partial charge on any atom is -0.494 e. The van der Waals surface area contributed by atoms with Crippen LogP contribution in [0.25, 0.3) is 0 Å². The molecule has 0 aliphatic heterocycles. The maximum absolute atomic E-state index is 8.71. The van der Waals surface area contributed by atoms with Gasteiger partial charge in [-0.3, -0.25) is 5.10 Å². The molecule has 0 aliphatic carbocycles. The molecule has 4 heteroatoms. The minimum absolute atomic E-state index is 0.163. The predicted octanol–water partition coefficient (Wildman–Crippen LogP) is 2.89. The number of H-pyrrole nitrogens is 1. The van der Waals surface area contributed by atoms with Crippen molar-refractivity contribution in [3.05, 3.63) is 47.3 Å². The van der Waals surface area contributed by atoms with Crippen LogP contribution in [-0.2, 0) is 6.42 Å². The fraction of sp³-hybridized carbons (Fsp3) is 0.438. The fourth-order valence-corrected chi connectivity index (χ4v) is 2.14. The summed E-state index contributed by atoms with van der Waals surface area (Å²) >= 11 is 0. The van der Waals surface area contributed by atoms with Gasteiger partial charge in [0, 0.05) is 25.1 Å². The van der Waals surface area contributed by atoms with Gasteiger partial charge in [-0.2, -0.15) is 5.10 Å². The van der Waals surface area contributed by atoms with E-state index in [1.807, 2.05) is 18.3 Å². The Kier molecular flexibility index (Phi) is 5.18. The fourth-order valence-electron chi connectivity index (χ4n) is 2.14. The van der Waals surface area contributed by atoms with Crippen LogP contribution >= 0.6 is 0 Å². The molecular weight excluding hydrogens is 252 g/mol. The van der Waals surface area contributed by atoms with Gasteiger partial charge in [0.1, 0.15) is 5.75 Å². The molecule has 0 radical (unpaired) electrons. The third kappa shape index (κ3) is 3.84. The molecule has 0 aliphatic rings. The molecule has 2 N–H and O–H groups in total. The van der Waals surface area contributed by atoms with E-state index < -0.39 is 0 Å². The normalized spacial score (nSPS) is 11.0. The monoisotopic (exact) mass is 274 g/mol. The lowest BCUT2D eigenvalue weighted by molar-refractivity contribution is 0.233. The van der Waals surface area contributed by atoms with E-state index in [1.54, 1.807) is 0 Å². The molecule has 0 spiro atoms. The van der Waals surface area contributed by atoms with Crippen molar-refractivity contribution in [1.29, 1.82) is 0 Å². The Morgan fingerprint density at radius 3 is 2.65 bits per heavy atom. The van der Waals surface area contributed by atoms with E-state index in [4.69, 9.17) is 9.84 Å². The molecule has 2 aromatic rings. The average molecular weight is 274 g/mol. The van der Waals surface area contributed by atoms with E-state index in [2.05, 4.69) is 36.2 Å². The number of ether oxygens (including phenoxy) is 1. The number of hydrogen-bond donors (Lipinski definition) is 2. The Hall–Kier alpha value is -1.81. The summed E-state index contributed by atoms with van der Waals surface area (Å²) in [5.41, 5.74) is 3.69. The maximum atomic E-state index is 8.71. The Morgan fingerprint density at radius 1 is 1.25 bits per heavy atom. The number of aromatic amines is 1. The van der Waals surface area contributed by atoms with Gasteiger partial charge in [0.2, 0.25) is 0 Å². The molecule has 1 aromatic heterocycles. The Bertz CT molecular complexity index is 518. The van der Waals surface area contributed by atoms with Gasteiger partial charge in [0.25, 0.3) is 0 Å². The van der Waals surface area contributed by atoms with Gasteiger partial charge in [-0.05, 0) is 29.2 Å². The second kappa shape index (κ2) is 7.10. The number of hydrogen-bond acceptors (Lipinski definition) is 3. The van der Waals surface area contributed by atoms with E-state index in [0.29, 0.717) is 18.9 Å². The first-order valence-electron chi connectivity index (χ1n) is 7.05. The number of benzene rings is 1. The summed E-state index contributed by atoms with van der Waals surface area (Å²) in [6.07, 6.45) is 3.44. The van der Waals surface area contributed by atoms with Crippen molar-refractivity contribution < 1.29 is 9.84 Å². The van der Waals surface area contributed by atoms with Gasteiger partial charge >= 0.3 is 0 Å². The number of aromatic nitrogens is 2. The van der Waals surface area contributed by atoms with E-state index in [-0.39, 0.29) is 6.61 Å². The van der Waals surface area contributed by atoms with Crippen LogP contribution in [0.2, 0.25) is 0 Å². The highest BCUT2D eigenvalue weighted by Crippen LogP contribution is 2.20. The third-order valence-corrected chi connectivity index (χ3v) is 3.22. The molecule has 1 aromatic carbocycles. The smallest absolute Gasteiger partial charge is 0.119 e. The van der Waals surface area contributed by atoms with Crippen molar-refractivity contribution in [1.82, 2.24) is 10.2 Å². The number of aliphatic hydroxyl groups is 1. The highest BCUT2D eigenvalue weighted by atomic mass is 16.5. The van der Waals surface area contributed by atoms with Crippen molar-refractivity contribution in [2.45, 2.75) is 32.6 Å². The lowest BCUT2D eigenvalue weighted by atomic mass is 10.0. The van der Waals surface area contributed by atoms with Crippen molar-refractivity contribution >= 4 is 0 Å². The van der Waals surface area contributed by atoms with Gasteiger partial charge in [-0.15, -0.1) is 0 Å². The first kappa shape index (κ1) is 14.6. The highest BCUT2D eigenvalue weighted by molar-refractivity contribution is 5.32. The van der Waals surface area contributed by atoms with Crippen molar-refractivity contribution in [2.24, 2.45) is 0 Å². The lowest BCUT2D eigenvalue weighted by Crippen LogP contribution is -2.00. The van der Waals surface area contributed by atoms with Gasteiger partial charge in [-0.1, -0.05) is 26.0 Å². The van der Waals surface area contributed by atoms with Crippen molar-refractivity contribution in [3.8, 4) is 5.75 Å². The summed E-state index contributed by atoms with van der Waals surface area (Å²) in [5, 5.41) is 15.9. The molecule has 108 valence electrons. The lowest BCUT2D eigenvalue weighted by Gasteiger charge is -2.08. The van der Waals surface area contributed by atoms with Gasteiger partial charge in [-0.25, -0.2) is 0 Å². The van der Waals surface area contributed by atoms with Gasteiger partial charge in [0.05, 0.1) is 12.8 Å². The third-order valence-electron chi connectivity index (χ3n) is 3.22. The zero-order valence-electron chi connectivity index (χ0n) is 12.1. The molecule has 0 saturated heterocycles. The molecule has 0 unspecified atom stereocenters. The molecule has 20 heavy (non-hydrogen) atoms. The molecule has 0 bridgehead atoms. The number of nitrogens with zero attached hydrogens (tertiary/aromatic N) is 1. The Morgan fingerprint density at radius 2 is 2.00 bits per heavy atom. The maximum Gasteiger partial charge on any atom is 0.119 e. The molecule has 0 saturated carbocycles. The predicted molar refractivity (Wildman–Crippen MR) is 79.1 cm³/mol. The number of nitrogens with one attached hydrogen (secondary N) is 1. The van der Waals surface area contributed by atoms with Gasteiger partial charge < -0.3 is 9.84 Å². The van der Waals surface area contributed by atoms with Crippen LogP contribution in [0, 0.1) is 0 Å². The zero-order chi connectivity index (χ0) is 14.4. The summed E-state index contributed by atoms with van der Waals surface area (Å²) in [7, 11) is 0. The van der Waals surface area contributed by atoms with Crippen LogP contribution in [0.5, 0.6) is 5.75 Å². The average Bonchev–Trinajstić information content (AvgIpc) is 2.89. The molecule has 0 amide bonds. The molecule has 0 fully saturated rings. The standard InChI is InChI=1S/C16H22N2O2/c1-12(2)16-14(11-17-18-16)10-13-4-6-15(7-5-13)20-9-3-8-19/h4-7,11-12,19H,3,8-10H2,1-2H3,(H,17,18). The largest absolute Gasteiger partial charge is 0.494 e. The quantitative estimate of drug-likeness (QED) is 0.763. The Labute approximate surface area is 119 Å². The highest BCUT2D eigenvalue weighted by Gasteiger charge is 2.09. The number of rotatable bonds is 7. The van der Waals surface area contributed by atoms with Crippen LogP contribution in [0.4, 0.5) is 0 Å². The second-order valence-electron chi connectivity index (χ2n) is 5.21. The van der Waals surface area contributed by atoms with E-state index >= 15 is 0 Å². The topological polar surface area (TPSA) is 58.1 Å². The zero-order valence-corrected chi connectivity index (χ0v) is 12.1.